The van der Waals surface area contributed by atoms with Crippen LogP contribution >= 0.6 is 0 Å². The summed E-state index contributed by atoms with van der Waals surface area (Å²) in [6, 6.07) is 8.85. The van der Waals surface area contributed by atoms with Crippen LogP contribution in [0.3, 0.4) is 0 Å². The van der Waals surface area contributed by atoms with Crippen molar-refractivity contribution >= 4 is 11.7 Å². The molecule has 1 aromatic carbocycles. The molecule has 2 aliphatic heterocycles. The summed E-state index contributed by atoms with van der Waals surface area (Å²) in [5.74, 6) is 0.256. The number of piperazine rings is 1. The molecule has 6 heteroatoms. The number of carbonyl (C=O) groups excluding carboxylic acids is 2. The lowest BCUT2D eigenvalue weighted by Gasteiger charge is -2.35. The highest BCUT2D eigenvalue weighted by atomic mass is 16.5. The minimum Gasteiger partial charge on any atom is -0.372 e. The maximum Gasteiger partial charge on any atom is 0.220 e. The van der Waals surface area contributed by atoms with Gasteiger partial charge in [-0.3, -0.25) is 19.4 Å². The van der Waals surface area contributed by atoms with Crippen LogP contribution < -0.4 is 5.32 Å². The van der Waals surface area contributed by atoms with E-state index in [-0.39, 0.29) is 23.9 Å². The lowest BCUT2D eigenvalue weighted by atomic mass is 10.1. The SMILES string of the molecule is CCC(=O)CCCC(=O)NCC1CCC(CN2CCN(Cc3ccc(C)cc3)CC2)O1. The van der Waals surface area contributed by atoms with Crippen molar-refractivity contribution in [3.8, 4) is 0 Å². The maximum absolute atomic E-state index is 12.0. The van der Waals surface area contributed by atoms with Crippen LogP contribution in [-0.4, -0.2) is 73.0 Å². The third-order valence-electron chi connectivity index (χ3n) is 6.43. The molecule has 0 radical (unpaired) electrons. The molecule has 1 N–H and O–H groups in total. The topological polar surface area (TPSA) is 61.9 Å². The molecule has 2 saturated heterocycles. The lowest BCUT2D eigenvalue weighted by Crippen LogP contribution is -2.48. The van der Waals surface area contributed by atoms with Crippen LogP contribution in [-0.2, 0) is 20.9 Å². The normalized spacial score (nSPS) is 22.5. The van der Waals surface area contributed by atoms with Crippen molar-refractivity contribution in [2.75, 3.05) is 39.3 Å². The first-order chi connectivity index (χ1) is 15.0. The van der Waals surface area contributed by atoms with Crippen LogP contribution in [0.4, 0.5) is 0 Å². The minimum absolute atomic E-state index is 0.0284. The van der Waals surface area contributed by atoms with Crippen LogP contribution in [0.15, 0.2) is 24.3 Å². The average molecular weight is 430 g/mol. The Morgan fingerprint density at radius 3 is 2.39 bits per heavy atom. The molecule has 2 unspecified atom stereocenters. The zero-order valence-electron chi connectivity index (χ0n) is 19.3. The molecule has 172 valence electrons. The summed E-state index contributed by atoms with van der Waals surface area (Å²) >= 11 is 0. The molecule has 0 saturated carbocycles. The van der Waals surface area contributed by atoms with E-state index in [0.717, 1.165) is 52.1 Å². The van der Waals surface area contributed by atoms with Gasteiger partial charge in [-0.2, -0.15) is 0 Å². The molecule has 2 heterocycles. The number of rotatable bonds is 11. The molecule has 3 rings (SSSR count). The summed E-state index contributed by atoms with van der Waals surface area (Å²) in [5.41, 5.74) is 2.70. The molecule has 1 amide bonds. The number of ether oxygens (including phenoxy) is 1. The lowest BCUT2D eigenvalue weighted by molar-refractivity contribution is -0.122. The number of nitrogens with zero attached hydrogens (tertiary/aromatic N) is 2. The van der Waals surface area contributed by atoms with E-state index in [0.29, 0.717) is 32.2 Å². The predicted molar refractivity (Wildman–Crippen MR) is 123 cm³/mol. The first kappa shape index (κ1) is 23.9. The molecule has 6 nitrogen and oxygen atoms in total. The Kier molecular flexibility index (Phi) is 9.50. The van der Waals surface area contributed by atoms with E-state index in [1.807, 2.05) is 6.92 Å². The Labute approximate surface area is 187 Å². The zero-order valence-corrected chi connectivity index (χ0v) is 19.3. The number of ketones is 1. The van der Waals surface area contributed by atoms with Crippen molar-refractivity contribution in [2.45, 2.75) is 71.1 Å². The number of aryl methyl sites for hydroxylation is 1. The van der Waals surface area contributed by atoms with Crippen LogP contribution in [0.1, 0.15) is 56.6 Å². The number of hydrogen-bond acceptors (Lipinski definition) is 5. The van der Waals surface area contributed by atoms with E-state index in [2.05, 4.69) is 46.3 Å². The molecule has 2 aliphatic rings. The van der Waals surface area contributed by atoms with Crippen molar-refractivity contribution in [2.24, 2.45) is 0 Å². The highest BCUT2D eigenvalue weighted by molar-refractivity contribution is 5.80. The molecule has 0 bridgehead atoms. The third kappa shape index (κ3) is 8.36. The standard InChI is InChI=1S/C25H39N3O3/c1-3-22(29)5-4-6-25(30)26-17-23-11-12-24(31-23)19-28-15-13-27(14-16-28)18-21-9-7-20(2)8-10-21/h7-10,23-24H,3-6,11-19H2,1-2H3,(H,26,30). The highest BCUT2D eigenvalue weighted by Gasteiger charge is 2.28. The predicted octanol–water partition coefficient (Wildman–Crippen LogP) is 2.93. The van der Waals surface area contributed by atoms with Gasteiger partial charge in [-0.15, -0.1) is 0 Å². The van der Waals surface area contributed by atoms with Gasteiger partial charge in [0.25, 0.3) is 0 Å². The fourth-order valence-corrected chi connectivity index (χ4v) is 4.37. The van der Waals surface area contributed by atoms with E-state index < -0.39 is 0 Å². The van der Waals surface area contributed by atoms with Gasteiger partial charge in [-0.05, 0) is 31.7 Å². The molecular formula is C25H39N3O3. The van der Waals surface area contributed by atoms with Crippen molar-refractivity contribution in [1.29, 1.82) is 0 Å². The number of amides is 1. The molecule has 0 aromatic heterocycles. The molecule has 0 aliphatic carbocycles. The summed E-state index contributed by atoms with van der Waals surface area (Å²) in [5, 5.41) is 2.98. The third-order valence-corrected chi connectivity index (χ3v) is 6.43. The number of nitrogens with one attached hydrogen (secondary N) is 1. The van der Waals surface area contributed by atoms with E-state index >= 15 is 0 Å². The van der Waals surface area contributed by atoms with Crippen LogP contribution in [0.2, 0.25) is 0 Å². The Bertz CT molecular complexity index is 698. The molecule has 1 aromatic rings. The highest BCUT2D eigenvalue weighted by Crippen LogP contribution is 2.21. The van der Waals surface area contributed by atoms with Crippen molar-refractivity contribution < 1.29 is 14.3 Å². The van der Waals surface area contributed by atoms with Gasteiger partial charge in [0.1, 0.15) is 5.78 Å². The average Bonchev–Trinajstić information content (AvgIpc) is 3.22. The number of Topliss-reactive ketones (excluding diaryl/α,β-unsaturated/α-hetero) is 1. The van der Waals surface area contributed by atoms with E-state index in [1.54, 1.807) is 0 Å². The van der Waals surface area contributed by atoms with Gasteiger partial charge in [0, 0.05) is 65.1 Å². The number of benzene rings is 1. The van der Waals surface area contributed by atoms with Crippen molar-refractivity contribution in [3.05, 3.63) is 35.4 Å². The smallest absolute Gasteiger partial charge is 0.220 e. The van der Waals surface area contributed by atoms with E-state index in [1.165, 1.54) is 11.1 Å². The summed E-state index contributed by atoms with van der Waals surface area (Å²) in [6.45, 7) is 11.0. The van der Waals surface area contributed by atoms with Gasteiger partial charge in [-0.1, -0.05) is 36.8 Å². The first-order valence-electron chi connectivity index (χ1n) is 12.0. The molecule has 31 heavy (non-hydrogen) atoms. The van der Waals surface area contributed by atoms with Crippen LogP contribution in [0, 0.1) is 6.92 Å². The second-order valence-corrected chi connectivity index (χ2v) is 9.07. The van der Waals surface area contributed by atoms with Crippen molar-refractivity contribution in [1.82, 2.24) is 15.1 Å². The van der Waals surface area contributed by atoms with Gasteiger partial charge in [0.2, 0.25) is 5.91 Å². The van der Waals surface area contributed by atoms with Crippen LogP contribution in [0.25, 0.3) is 0 Å². The van der Waals surface area contributed by atoms with E-state index in [9.17, 15) is 9.59 Å². The van der Waals surface area contributed by atoms with Gasteiger partial charge in [0.05, 0.1) is 12.2 Å². The second-order valence-electron chi connectivity index (χ2n) is 9.07. The molecular weight excluding hydrogens is 390 g/mol. The maximum atomic E-state index is 12.0. The summed E-state index contributed by atoms with van der Waals surface area (Å²) in [6.07, 6.45) is 4.59. The quantitative estimate of drug-likeness (QED) is 0.586. The monoisotopic (exact) mass is 429 g/mol. The molecule has 2 fully saturated rings. The molecule has 2 atom stereocenters. The Morgan fingerprint density at radius 1 is 1.00 bits per heavy atom. The Morgan fingerprint density at radius 2 is 1.68 bits per heavy atom. The van der Waals surface area contributed by atoms with Gasteiger partial charge in [0.15, 0.2) is 0 Å². The Hall–Kier alpha value is -1.76. The number of hydrogen-bond donors (Lipinski definition) is 1. The van der Waals surface area contributed by atoms with Gasteiger partial charge in [-0.25, -0.2) is 0 Å². The minimum atomic E-state index is 0.0284. The second kappa shape index (κ2) is 12.3. The van der Waals surface area contributed by atoms with Crippen molar-refractivity contribution in [3.63, 3.8) is 0 Å². The summed E-state index contributed by atoms with van der Waals surface area (Å²) in [7, 11) is 0. The number of carbonyl (C=O) groups is 2. The Balaban J connectivity index is 1.27. The largest absolute Gasteiger partial charge is 0.372 e. The van der Waals surface area contributed by atoms with Gasteiger partial charge >= 0.3 is 0 Å². The fraction of sp³-hybridized carbons (Fsp3) is 0.680. The van der Waals surface area contributed by atoms with E-state index in [4.69, 9.17) is 4.74 Å². The van der Waals surface area contributed by atoms with Crippen LogP contribution in [0.5, 0.6) is 0 Å². The first-order valence-corrected chi connectivity index (χ1v) is 12.0. The molecule has 0 spiro atoms. The zero-order chi connectivity index (χ0) is 22.1. The summed E-state index contributed by atoms with van der Waals surface area (Å²) in [4.78, 5) is 28.3. The van der Waals surface area contributed by atoms with Gasteiger partial charge < -0.3 is 10.1 Å². The fourth-order valence-electron chi connectivity index (χ4n) is 4.37. The summed E-state index contributed by atoms with van der Waals surface area (Å²) < 4.78 is 6.18.